The summed E-state index contributed by atoms with van der Waals surface area (Å²) in [5.41, 5.74) is 0.745. The van der Waals surface area contributed by atoms with Gasteiger partial charge in [0.2, 0.25) is 4.77 Å². The van der Waals surface area contributed by atoms with Gasteiger partial charge in [0.05, 0.1) is 26.0 Å². The van der Waals surface area contributed by atoms with E-state index in [1.165, 1.54) is 6.42 Å². The third-order valence-electron chi connectivity index (χ3n) is 4.72. The summed E-state index contributed by atoms with van der Waals surface area (Å²) in [5.74, 6) is 4.76. The Kier molecular flexibility index (Phi) is 4.57. The average molecular weight is 384 g/mol. The Labute approximate surface area is 161 Å². The zero-order chi connectivity index (χ0) is 19.0. The summed E-state index contributed by atoms with van der Waals surface area (Å²) in [6, 6.07) is 9.41. The first-order valence-electron chi connectivity index (χ1n) is 8.64. The highest BCUT2D eigenvalue weighted by molar-refractivity contribution is 7.71. The number of benzene rings is 1. The van der Waals surface area contributed by atoms with Gasteiger partial charge in [-0.1, -0.05) is 6.92 Å². The number of ether oxygens (including phenoxy) is 2. The van der Waals surface area contributed by atoms with Crippen LogP contribution < -0.4 is 9.47 Å². The maximum Gasteiger partial charge on any atom is 0.216 e. The second kappa shape index (κ2) is 7.03. The summed E-state index contributed by atoms with van der Waals surface area (Å²) in [6.07, 6.45) is 2.82. The maximum atomic E-state index is 5.87. The second-order valence-electron chi connectivity index (χ2n) is 6.53. The van der Waals surface area contributed by atoms with Crippen molar-refractivity contribution in [1.82, 2.24) is 14.9 Å². The van der Waals surface area contributed by atoms with E-state index in [9.17, 15) is 0 Å². The molecule has 7 nitrogen and oxygen atoms in total. The van der Waals surface area contributed by atoms with Crippen molar-refractivity contribution in [2.75, 3.05) is 14.2 Å². The third-order valence-corrected chi connectivity index (χ3v) is 4.99. The van der Waals surface area contributed by atoms with Gasteiger partial charge in [0.15, 0.2) is 5.82 Å². The normalized spacial score (nSPS) is 18.8. The molecule has 140 valence electrons. The number of hydrogen-bond donors (Lipinski definition) is 1. The molecule has 2 heterocycles. The summed E-state index contributed by atoms with van der Waals surface area (Å²) >= 11 is 5.32. The first kappa shape index (κ1) is 17.5. The molecule has 0 amide bonds. The van der Waals surface area contributed by atoms with Gasteiger partial charge in [0.25, 0.3) is 0 Å². The monoisotopic (exact) mass is 384 g/mol. The predicted molar refractivity (Wildman–Crippen MR) is 104 cm³/mol. The van der Waals surface area contributed by atoms with Gasteiger partial charge in [0, 0.05) is 12.0 Å². The van der Waals surface area contributed by atoms with Gasteiger partial charge in [-0.25, -0.2) is 5.10 Å². The molecular formula is C19H20N4O3S. The van der Waals surface area contributed by atoms with Crippen molar-refractivity contribution in [3.8, 4) is 22.9 Å². The Balaban J connectivity index is 1.66. The lowest BCUT2D eigenvalue weighted by molar-refractivity contribution is 0.395. The molecule has 4 rings (SSSR count). The van der Waals surface area contributed by atoms with Crippen LogP contribution in [0.15, 0.2) is 39.9 Å². The Morgan fingerprint density at radius 3 is 2.81 bits per heavy atom. The second-order valence-corrected chi connectivity index (χ2v) is 6.92. The molecule has 27 heavy (non-hydrogen) atoms. The minimum atomic E-state index is 0.377. The van der Waals surface area contributed by atoms with Crippen molar-refractivity contribution < 1.29 is 13.9 Å². The van der Waals surface area contributed by atoms with Crippen LogP contribution in [0, 0.1) is 10.7 Å². The van der Waals surface area contributed by atoms with Gasteiger partial charge in [-0.2, -0.15) is 14.9 Å². The van der Waals surface area contributed by atoms with Gasteiger partial charge in [-0.15, -0.1) is 0 Å². The number of H-pyrrole nitrogens is 1. The van der Waals surface area contributed by atoms with E-state index in [-0.39, 0.29) is 0 Å². The molecule has 2 atom stereocenters. The molecule has 1 fully saturated rings. The average Bonchev–Trinajstić information content (AvgIpc) is 3.07. The molecule has 0 radical (unpaired) electrons. The van der Waals surface area contributed by atoms with E-state index in [4.69, 9.17) is 26.1 Å². The number of nitrogens with zero attached hydrogens (tertiary/aromatic N) is 3. The quantitative estimate of drug-likeness (QED) is 0.508. The number of hydrogen-bond acceptors (Lipinski definition) is 6. The van der Waals surface area contributed by atoms with E-state index in [1.807, 2.05) is 24.3 Å². The molecule has 0 unspecified atom stereocenters. The van der Waals surface area contributed by atoms with Gasteiger partial charge in [-0.3, -0.25) is 0 Å². The molecule has 1 aliphatic carbocycles. The van der Waals surface area contributed by atoms with Gasteiger partial charge >= 0.3 is 0 Å². The summed E-state index contributed by atoms with van der Waals surface area (Å²) in [4.78, 5) is 0. The minimum Gasteiger partial charge on any atom is -0.497 e. The lowest BCUT2D eigenvalue weighted by atomic mass is 10.2. The number of aromatic nitrogens is 3. The molecule has 0 spiro atoms. The van der Waals surface area contributed by atoms with Crippen LogP contribution in [-0.2, 0) is 0 Å². The van der Waals surface area contributed by atoms with Crippen molar-refractivity contribution >= 4 is 18.4 Å². The Hall–Kier alpha value is -2.87. The molecular weight excluding hydrogens is 364 g/mol. The molecule has 0 bridgehead atoms. The molecule has 3 aromatic rings. The topological polar surface area (TPSA) is 77.6 Å². The number of aromatic amines is 1. The van der Waals surface area contributed by atoms with Crippen molar-refractivity contribution in [3.05, 3.63) is 46.6 Å². The van der Waals surface area contributed by atoms with Crippen LogP contribution in [0.5, 0.6) is 11.5 Å². The van der Waals surface area contributed by atoms with E-state index in [1.54, 1.807) is 31.2 Å². The lowest BCUT2D eigenvalue weighted by Crippen LogP contribution is -1.97. The van der Waals surface area contributed by atoms with Crippen LogP contribution in [0.3, 0.4) is 0 Å². The summed E-state index contributed by atoms with van der Waals surface area (Å²) in [7, 11) is 3.20. The van der Waals surface area contributed by atoms with E-state index in [0.717, 1.165) is 11.3 Å². The van der Waals surface area contributed by atoms with Crippen molar-refractivity contribution in [2.45, 2.75) is 19.3 Å². The van der Waals surface area contributed by atoms with Crippen molar-refractivity contribution in [2.24, 2.45) is 11.0 Å². The van der Waals surface area contributed by atoms with Crippen LogP contribution in [-0.4, -0.2) is 35.3 Å². The van der Waals surface area contributed by atoms with E-state index < -0.39 is 0 Å². The van der Waals surface area contributed by atoms with Crippen LogP contribution in [0.1, 0.15) is 30.8 Å². The summed E-state index contributed by atoms with van der Waals surface area (Å²) in [6.45, 7) is 2.22. The molecule has 8 heteroatoms. The molecule has 1 aromatic carbocycles. The van der Waals surface area contributed by atoms with E-state index >= 15 is 0 Å². The summed E-state index contributed by atoms with van der Waals surface area (Å²) in [5, 5.41) is 11.5. The molecule has 1 saturated carbocycles. The highest BCUT2D eigenvalue weighted by Crippen LogP contribution is 2.47. The first-order valence-corrected chi connectivity index (χ1v) is 9.05. The van der Waals surface area contributed by atoms with E-state index in [0.29, 0.717) is 39.7 Å². The molecule has 2 aromatic heterocycles. The molecule has 0 aliphatic heterocycles. The zero-order valence-corrected chi connectivity index (χ0v) is 16.1. The predicted octanol–water partition coefficient (Wildman–Crippen LogP) is 4.22. The molecule has 1 N–H and O–H groups in total. The Morgan fingerprint density at radius 1 is 1.30 bits per heavy atom. The number of nitrogens with one attached hydrogen (secondary N) is 1. The first-order chi connectivity index (χ1) is 13.1. The maximum absolute atomic E-state index is 5.87. The zero-order valence-electron chi connectivity index (χ0n) is 15.3. The van der Waals surface area contributed by atoms with Gasteiger partial charge in [0.1, 0.15) is 23.0 Å². The largest absolute Gasteiger partial charge is 0.497 e. The van der Waals surface area contributed by atoms with Crippen LogP contribution in [0.4, 0.5) is 0 Å². The fraction of sp³-hybridized carbons (Fsp3) is 0.316. The molecule has 1 aliphatic rings. The SMILES string of the molecule is COc1ccc(-c2n[nH]c(=S)n2/N=C\c2ccc([C@@H]3C[C@@H]3C)o2)c(OC)c1. The third kappa shape index (κ3) is 3.40. The van der Waals surface area contributed by atoms with Crippen molar-refractivity contribution in [1.29, 1.82) is 0 Å². The Morgan fingerprint density at radius 2 is 2.11 bits per heavy atom. The van der Waals surface area contributed by atoms with Crippen LogP contribution in [0.25, 0.3) is 11.4 Å². The standard InChI is InChI=1S/C19H20N4O3S/c1-11-8-15(11)16-7-5-13(26-16)10-20-23-18(21-22-19(23)27)14-6-4-12(24-2)9-17(14)25-3/h4-7,9-11,15H,8H2,1-3H3,(H,22,27)/b20-10-/t11-,15+/m0/s1. The highest BCUT2D eigenvalue weighted by atomic mass is 32.1. The molecule has 0 saturated heterocycles. The summed E-state index contributed by atoms with van der Waals surface area (Å²) < 4.78 is 18.5. The van der Waals surface area contributed by atoms with Gasteiger partial charge < -0.3 is 13.9 Å². The fourth-order valence-electron chi connectivity index (χ4n) is 3.03. The van der Waals surface area contributed by atoms with Crippen LogP contribution in [0.2, 0.25) is 0 Å². The van der Waals surface area contributed by atoms with Gasteiger partial charge in [-0.05, 0) is 48.8 Å². The highest BCUT2D eigenvalue weighted by Gasteiger charge is 2.36. The van der Waals surface area contributed by atoms with Crippen molar-refractivity contribution in [3.63, 3.8) is 0 Å². The minimum absolute atomic E-state index is 0.377. The lowest BCUT2D eigenvalue weighted by Gasteiger charge is -2.09. The Bertz CT molecular complexity index is 1050. The van der Waals surface area contributed by atoms with E-state index in [2.05, 4.69) is 22.2 Å². The number of methoxy groups -OCH3 is 2. The number of rotatable bonds is 6. The van der Waals surface area contributed by atoms with Crippen LogP contribution >= 0.6 is 12.2 Å². The number of furan rings is 1. The fourth-order valence-corrected chi connectivity index (χ4v) is 3.21. The smallest absolute Gasteiger partial charge is 0.216 e.